The van der Waals surface area contributed by atoms with E-state index in [1.165, 1.54) is 11.1 Å². The Hall–Kier alpha value is -2.36. The smallest absolute Gasteiger partial charge is 0.243 e. The van der Waals surface area contributed by atoms with Gasteiger partial charge in [0.05, 0.1) is 0 Å². The molecule has 1 unspecified atom stereocenters. The van der Waals surface area contributed by atoms with Crippen molar-refractivity contribution in [3.05, 3.63) is 59.8 Å². The van der Waals surface area contributed by atoms with Crippen LogP contribution in [0.5, 0.6) is 0 Å². The highest BCUT2D eigenvalue weighted by Crippen LogP contribution is 2.15. The van der Waals surface area contributed by atoms with Crippen LogP contribution in [-0.2, 0) is 0 Å². The maximum absolute atomic E-state index is 4.48. The summed E-state index contributed by atoms with van der Waals surface area (Å²) in [6, 6.07) is 14.5. The second-order valence-electron chi connectivity index (χ2n) is 5.13. The first kappa shape index (κ1) is 12.7. The van der Waals surface area contributed by atoms with Crippen molar-refractivity contribution in [1.29, 1.82) is 0 Å². The van der Waals surface area contributed by atoms with E-state index in [0.29, 0.717) is 11.9 Å². The molecule has 2 aromatic heterocycles. The molecule has 1 aromatic carbocycles. The van der Waals surface area contributed by atoms with Crippen molar-refractivity contribution in [2.45, 2.75) is 19.8 Å². The molecule has 0 saturated heterocycles. The Morgan fingerprint density at radius 2 is 2.00 bits per heavy atom. The summed E-state index contributed by atoms with van der Waals surface area (Å²) in [7, 11) is 0. The summed E-state index contributed by atoms with van der Waals surface area (Å²) in [4.78, 5) is 4.48. The van der Waals surface area contributed by atoms with Crippen molar-refractivity contribution in [1.82, 2.24) is 14.6 Å². The number of aromatic nitrogens is 3. The van der Waals surface area contributed by atoms with Crippen molar-refractivity contribution in [2.75, 3.05) is 11.9 Å². The number of hydrogen-bond donors (Lipinski definition) is 1. The van der Waals surface area contributed by atoms with Crippen LogP contribution in [0.2, 0.25) is 0 Å². The number of aryl methyl sites for hydroxylation is 1. The molecule has 4 heteroatoms. The second kappa shape index (κ2) is 5.33. The van der Waals surface area contributed by atoms with Crippen LogP contribution in [-0.4, -0.2) is 21.1 Å². The summed E-state index contributed by atoms with van der Waals surface area (Å²) in [5.41, 5.74) is 3.38. The minimum atomic E-state index is 0.421. The molecule has 1 N–H and O–H groups in total. The molecule has 0 fully saturated rings. The van der Waals surface area contributed by atoms with Gasteiger partial charge in [0.2, 0.25) is 5.95 Å². The molecule has 0 radical (unpaired) electrons. The van der Waals surface area contributed by atoms with Crippen LogP contribution in [0.25, 0.3) is 5.65 Å². The van der Waals surface area contributed by atoms with E-state index in [2.05, 4.69) is 53.5 Å². The van der Waals surface area contributed by atoms with Gasteiger partial charge in [-0.05, 0) is 36.1 Å². The summed E-state index contributed by atoms with van der Waals surface area (Å²) in [5.74, 6) is 1.10. The normalized spacial score (nSPS) is 12.5. The van der Waals surface area contributed by atoms with E-state index in [9.17, 15) is 0 Å². The van der Waals surface area contributed by atoms with Gasteiger partial charge in [-0.25, -0.2) is 4.52 Å². The van der Waals surface area contributed by atoms with Gasteiger partial charge in [0.1, 0.15) is 0 Å². The third-order valence-corrected chi connectivity index (χ3v) is 3.43. The van der Waals surface area contributed by atoms with Gasteiger partial charge in [-0.2, -0.15) is 4.98 Å². The van der Waals surface area contributed by atoms with E-state index in [4.69, 9.17) is 0 Å². The molecular formula is C16H18N4. The zero-order valence-electron chi connectivity index (χ0n) is 11.7. The molecule has 2 heterocycles. The van der Waals surface area contributed by atoms with Crippen molar-refractivity contribution in [3.8, 4) is 0 Å². The Morgan fingerprint density at radius 3 is 2.80 bits per heavy atom. The largest absolute Gasteiger partial charge is 0.352 e. The van der Waals surface area contributed by atoms with Gasteiger partial charge in [-0.3, -0.25) is 0 Å². The lowest BCUT2D eigenvalue weighted by molar-refractivity contribution is 0.795. The molecule has 4 nitrogen and oxygen atoms in total. The van der Waals surface area contributed by atoms with E-state index in [1.807, 2.05) is 24.4 Å². The molecule has 3 rings (SSSR count). The van der Waals surface area contributed by atoms with Crippen LogP contribution in [0.15, 0.2) is 48.7 Å². The first-order chi connectivity index (χ1) is 9.72. The number of fused-ring (bicyclic) bond motifs is 1. The number of rotatable bonds is 4. The lowest BCUT2D eigenvalue weighted by atomic mass is 10.0. The van der Waals surface area contributed by atoms with Crippen LogP contribution >= 0.6 is 0 Å². The Bertz CT molecular complexity index is 703. The van der Waals surface area contributed by atoms with E-state index < -0.39 is 0 Å². The van der Waals surface area contributed by atoms with E-state index >= 15 is 0 Å². The van der Waals surface area contributed by atoms with Gasteiger partial charge in [-0.1, -0.05) is 37.3 Å². The zero-order chi connectivity index (χ0) is 13.9. The molecule has 3 aromatic rings. The fourth-order valence-corrected chi connectivity index (χ4v) is 2.20. The standard InChI is InChI=1S/C16H18N4/c1-12-8-9-20-15(10-12)18-16(19-20)17-11-13(2)14-6-4-3-5-7-14/h3-10,13H,11H2,1-2H3,(H,17,19). The molecule has 0 aliphatic heterocycles. The van der Waals surface area contributed by atoms with Crippen LogP contribution in [0.4, 0.5) is 5.95 Å². The minimum absolute atomic E-state index is 0.421. The molecule has 0 aliphatic carbocycles. The maximum atomic E-state index is 4.48. The average molecular weight is 266 g/mol. The Labute approximate surface area is 118 Å². The summed E-state index contributed by atoms with van der Waals surface area (Å²) >= 11 is 0. The molecule has 0 aliphatic rings. The number of pyridine rings is 1. The minimum Gasteiger partial charge on any atom is -0.352 e. The molecule has 0 saturated carbocycles. The molecule has 102 valence electrons. The van der Waals surface area contributed by atoms with Crippen LogP contribution in [0.1, 0.15) is 24.0 Å². The van der Waals surface area contributed by atoms with E-state index in [0.717, 1.165) is 12.2 Å². The fraction of sp³-hybridized carbons (Fsp3) is 0.250. The van der Waals surface area contributed by atoms with Crippen molar-refractivity contribution in [2.24, 2.45) is 0 Å². The summed E-state index contributed by atoms with van der Waals surface area (Å²) in [6.07, 6.45) is 1.93. The Kier molecular flexibility index (Phi) is 3.37. The molecular weight excluding hydrogens is 248 g/mol. The lowest BCUT2D eigenvalue weighted by Gasteiger charge is -2.11. The quantitative estimate of drug-likeness (QED) is 0.788. The summed E-state index contributed by atoms with van der Waals surface area (Å²) < 4.78 is 1.79. The van der Waals surface area contributed by atoms with E-state index in [-0.39, 0.29) is 0 Å². The molecule has 0 bridgehead atoms. The number of nitrogens with one attached hydrogen (secondary N) is 1. The highest BCUT2D eigenvalue weighted by Gasteiger charge is 2.07. The fourth-order valence-electron chi connectivity index (χ4n) is 2.20. The van der Waals surface area contributed by atoms with Gasteiger partial charge >= 0.3 is 0 Å². The number of nitrogens with zero attached hydrogens (tertiary/aromatic N) is 3. The Morgan fingerprint density at radius 1 is 1.20 bits per heavy atom. The Balaban J connectivity index is 1.71. The van der Waals surface area contributed by atoms with Gasteiger partial charge in [0.25, 0.3) is 0 Å². The highest BCUT2D eigenvalue weighted by atomic mass is 15.3. The first-order valence-electron chi connectivity index (χ1n) is 6.84. The number of anilines is 1. The van der Waals surface area contributed by atoms with Crippen molar-refractivity contribution >= 4 is 11.6 Å². The number of hydrogen-bond acceptors (Lipinski definition) is 3. The number of benzene rings is 1. The van der Waals surface area contributed by atoms with E-state index in [1.54, 1.807) is 4.52 Å². The average Bonchev–Trinajstić information content (AvgIpc) is 2.87. The predicted molar refractivity (Wildman–Crippen MR) is 81.1 cm³/mol. The summed E-state index contributed by atoms with van der Waals surface area (Å²) in [6.45, 7) is 5.07. The van der Waals surface area contributed by atoms with Crippen molar-refractivity contribution in [3.63, 3.8) is 0 Å². The lowest BCUT2D eigenvalue weighted by Crippen LogP contribution is -2.10. The van der Waals surface area contributed by atoms with Gasteiger partial charge in [-0.15, -0.1) is 5.10 Å². The topological polar surface area (TPSA) is 42.2 Å². The van der Waals surface area contributed by atoms with Gasteiger partial charge in [0.15, 0.2) is 5.65 Å². The van der Waals surface area contributed by atoms with Gasteiger partial charge < -0.3 is 5.32 Å². The molecule has 0 amide bonds. The van der Waals surface area contributed by atoms with Crippen molar-refractivity contribution < 1.29 is 0 Å². The van der Waals surface area contributed by atoms with Crippen LogP contribution in [0.3, 0.4) is 0 Å². The predicted octanol–water partition coefficient (Wildman–Crippen LogP) is 3.25. The molecule has 1 atom stereocenters. The van der Waals surface area contributed by atoms with Crippen LogP contribution < -0.4 is 5.32 Å². The zero-order valence-corrected chi connectivity index (χ0v) is 11.7. The maximum Gasteiger partial charge on any atom is 0.243 e. The SMILES string of the molecule is Cc1ccn2nc(NCC(C)c3ccccc3)nc2c1. The highest BCUT2D eigenvalue weighted by molar-refractivity contribution is 5.45. The third-order valence-electron chi connectivity index (χ3n) is 3.43. The monoisotopic (exact) mass is 266 g/mol. The van der Waals surface area contributed by atoms with Crippen LogP contribution in [0, 0.1) is 6.92 Å². The second-order valence-corrected chi connectivity index (χ2v) is 5.13. The molecule has 0 spiro atoms. The first-order valence-corrected chi connectivity index (χ1v) is 6.84. The summed E-state index contributed by atoms with van der Waals surface area (Å²) in [5, 5.41) is 7.72. The van der Waals surface area contributed by atoms with Gasteiger partial charge in [0, 0.05) is 12.7 Å². The molecule has 20 heavy (non-hydrogen) atoms. The third kappa shape index (κ3) is 2.64.